The Balaban J connectivity index is 1.52. The Bertz CT molecular complexity index is 1070. The van der Waals surface area contributed by atoms with E-state index < -0.39 is 0 Å². The molecule has 0 radical (unpaired) electrons. The van der Waals surface area contributed by atoms with Gasteiger partial charge in [-0.3, -0.25) is 9.48 Å². The maximum Gasteiger partial charge on any atom is 0.276 e. The van der Waals surface area contributed by atoms with Crippen molar-refractivity contribution in [1.82, 2.24) is 9.78 Å². The molecule has 0 saturated carbocycles. The molecule has 9 heteroatoms. The Hall–Kier alpha value is -3.04. The van der Waals surface area contributed by atoms with E-state index in [9.17, 15) is 4.79 Å². The van der Waals surface area contributed by atoms with Crippen LogP contribution in [-0.4, -0.2) is 37.0 Å². The minimum absolute atomic E-state index is 0.119. The number of amides is 1. The molecule has 4 rings (SSSR count). The molecule has 0 saturated heterocycles. The van der Waals surface area contributed by atoms with Crippen molar-refractivity contribution in [1.29, 1.82) is 0 Å². The van der Waals surface area contributed by atoms with Crippen LogP contribution in [0.4, 0.5) is 5.69 Å². The quantitative estimate of drug-likeness (QED) is 0.560. The lowest BCUT2D eigenvalue weighted by molar-refractivity contribution is -0.00119. The Morgan fingerprint density at radius 3 is 2.39 bits per heavy atom. The molecule has 0 bridgehead atoms. The monoisotopic (exact) mass is 487 g/mol. The summed E-state index contributed by atoms with van der Waals surface area (Å²) in [7, 11) is 4.57. The zero-order chi connectivity index (χ0) is 22.0. The molecule has 2 aromatic carbocycles. The lowest BCUT2D eigenvalue weighted by Crippen LogP contribution is -2.22. The van der Waals surface area contributed by atoms with Gasteiger partial charge in [-0.1, -0.05) is 28.1 Å². The first-order valence-electron chi connectivity index (χ1n) is 9.57. The second-order valence-electron chi connectivity index (χ2n) is 6.92. The van der Waals surface area contributed by atoms with Crippen molar-refractivity contribution < 1.29 is 23.7 Å². The van der Waals surface area contributed by atoms with Gasteiger partial charge in [0.2, 0.25) is 5.75 Å². The summed E-state index contributed by atoms with van der Waals surface area (Å²) < 4.78 is 24.8. The number of hydrogen-bond donors (Lipinski definition) is 1. The van der Waals surface area contributed by atoms with Gasteiger partial charge in [0.15, 0.2) is 17.2 Å². The van der Waals surface area contributed by atoms with Gasteiger partial charge >= 0.3 is 0 Å². The number of benzene rings is 2. The summed E-state index contributed by atoms with van der Waals surface area (Å²) in [5, 5.41) is 7.33. The number of nitrogens with one attached hydrogen (secondary N) is 1. The van der Waals surface area contributed by atoms with Gasteiger partial charge < -0.3 is 24.3 Å². The third kappa shape index (κ3) is 4.38. The molecule has 1 amide bonds. The van der Waals surface area contributed by atoms with E-state index in [-0.39, 0.29) is 12.0 Å². The molecule has 0 unspecified atom stereocenters. The van der Waals surface area contributed by atoms with Gasteiger partial charge in [0.05, 0.1) is 40.2 Å². The van der Waals surface area contributed by atoms with Gasteiger partial charge in [-0.15, -0.1) is 0 Å². The van der Waals surface area contributed by atoms with Gasteiger partial charge in [-0.25, -0.2) is 0 Å². The van der Waals surface area contributed by atoms with Crippen LogP contribution in [0.3, 0.4) is 0 Å². The first kappa shape index (κ1) is 21.2. The normalized spacial score (nSPS) is 15.2. The highest BCUT2D eigenvalue weighted by Crippen LogP contribution is 2.40. The number of fused-ring (bicyclic) bond motifs is 1. The predicted molar refractivity (Wildman–Crippen MR) is 118 cm³/mol. The highest BCUT2D eigenvalue weighted by atomic mass is 79.9. The summed E-state index contributed by atoms with van der Waals surface area (Å²) in [6.07, 6.45) is -0.119. The predicted octanol–water partition coefficient (Wildman–Crippen LogP) is 4.20. The van der Waals surface area contributed by atoms with Crippen molar-refractivity contribution in [2.24, 2.45) is 0 Å². The Kier molecular flexibility index (Phi) is 6.15. The van der Waals surface area contributed by atoms with E-state index in [0.29, 0.717) is 41.8 Å². The number of rotatable bonds is 6. The molecule has 0 fully saturated rings. The standard InChI is InChI=1S/C22H22BrN3O5/c1-28-18-8-15(9-19(29-2)21(18)30-3)24-22(27)17-10-16-12-31-20(11-26(16)25-17)13-4-6-14(23)7-5-13/h4-10,20H,11-12H2,1-3H3,(H,24,27)/t20-/m0/s1. The molecular formula is C22H22BrN3O5. The molecule has 1 atom stereocenters. The summed E-state index contributed by atoms with van der Waals surface area (Å²) in [4.78, 5) is 12.8. The molecule has 8 nitrogen and oxygen atoms in total. The SMILES string of the molecule is COc1cc(NC(=O)c2cc3n(n2)C[C@@H](c2ccc(Br)cc2)OC3)cc(OC)c1OC. The molecule has 0 spiro atoms. The number of ether oxygens (including phenoxy) is 4. The number of anilines is 1. The first-order valence-corrected chi connectivity index (χ1v) is 10.4. The van der Waals surface area contributed by atoms with Gasteiger partial charge in [-0.2, -0.15) is 5.10 Å². The number of carbonyl (C=O) groups is 1. The molecule has 1 N–H and O–H groups in total. The average molecular weight is 488 g/mol. The van der Waals surface area contributed by atoms with Crippen molar-refractivity contribution in [3.8, 4) is 17.2 Å². The second-order valence-corrected chi connectivity index (χ2v) is 7.84. The molecule has 1 aromatic heterocycles. The van der Waals surface area contributed by atoms with Gasteiger partial charge in [0, 0.05) is 22.3 Å². The largest absolute Gasteiger partial charge is 0.493 e. The van der Waals surface area contributed by atoms with E-state index >= 15 is 0 Å². The molecule has 0 aliphatic carbocycles. The number of methoxy groups -OCH3 is 3. The Morgan fingerprint density at radius 2 is 1.77 bits per heavy atom. The van der Waals surface area contributed by atoms with Crippen molar-refractivity contribution in [3.05, 3.63) is 63.9 Å². The van der Waals surface area contributed by atoms with E-state index in [4.69, 9.17) is 18.9 Å². The fourth-order valence-corrected chi connectivity index (χ4v) is 3.73. The highest BCUT2D eigenvalue weighted by Gasteiger charge is 2.24. The topological polar surface area (TPSA) is 83.8 Å². The van der Waals surface area contributed by atoms with Crippen LogP contribution in [0.1, 0.15) is 27.8 Å². The van der Waals surface area contributed by atoms with E-state index in [1.54, 1.807) is 18.2 Å². The summed E-state index contributed by atoms with van der Waals surface area (Å²) in [5.74, 6) is 1.02. The fourth-order valence-electron chi connectivity index (χ4n) is 3.46. The zero-order valence-corrected chi connectivity index (χ0v) is 18.9. The van der Waals surface area contributed by atoms with Crippen LogP contribution in [0, 0.1) is 0 Å². The fraction of sp³-hybridized carbons (Fsp3) is 0.273. The van der Waals surface area contributed by atoms with Crippen LogP contribution in [0.25, 0.3) is 0 Å². The molecule has 2 heterocycles. The summed E-state index contributed by atoms with van der Waals surface area (Å²) in [5.41, 5.74) is 2.73. The third-order valence-corrected chi connectivity index (χ3v) is 5.56. The number of halogens is 1. The first-order chi connectivity index (χ1) is 15.0. The lowest BCUT2D eigenvalue weighted by Gasteiger charge is -2.24. The van der Waals surface area contributed by atoms with Crippen LogP contribution in [-0.2, 0) is 17.9 Å². The molecule has 162 valence electrons. The van der Waals surface area contributed by atoms with Gasteiger partial charge in [0.25, 0.3) is 5.91 Å². The number of aromatic nitrogens is 2. The summed E-state index contributed by atoms with van der Waals surface area (Å²) in [6, 6.07) is 13.1. The maximum absolute atomic E-state index is 12.8. The minimum Gasteiger partial charge on any atom is -0.493 e. The maximum atomic E-state index is 12.8. The minimum atomic E-state index is -0.337. The van der Waals surface area contributed by atoms with Crippen LogP contribution >= 0.6 is 15.9 Å². The van der Waals surface area contributed by atoms with Crippen LogP contribution in [0.15, 0.2) is 46.9 Å². The lowest BCUT2D eigenvalue weighted by atomic mass is 10.1. The van der Waals surface area contributed by atoms with Crippen molar-refractivity contribution in [3.63, 3.8) is 0 Å². The molecule has 1 aliphatic rings. The van der Waals surface area contributed by atoms with Gasteiger partial charge in [-0.05, 0) is 23.8 Å². The Labute approximate surface area is 188 Å². The van der Waals surface area contributed by atoms with Crippen molar-refractivity contribution in [2.45, 2.75) is 19.3 Å². The molecular weight excluding hydrogens is 466 g/mol. The zero-order valence-electron chi connectivity index (χ0n) is 17.3. The van der Waals surface area contributed by atoms with Crippen LogP contribution in [0.2, 0.25) is 0 Å². The van der Waals surface area contributed by atoms with Crippen LogP contribution in [0.5, 0.6) is 17.2 Å². The van der Waals surface area contributed by atoms with E-state index in [2.05, 4.69) is 26.3 Å². The average Bonchev–Trinajstić information content (AvgIpc) is 3.22. The number of hydrogen-bond acceptors (Lipinski definition) is 6. The van der Waals surface area contributed by atoms with Crippen molar-refractivity contribution in [2.75, 3.05) is 26.6 Å². The van der Waals surface area contributed by atoms with E-state index in [1.165, 1.54) is 21.3 Å². The van der Waals surface area contributed by atoms with E-state index in [1.807, 2.05) is 28.9 Å². The smallest absolute Gasteiger partial charge is 0.276 e. The van der Waals surface area contributed by atoms with Crippen molar-refractivity contribution >= 4 is 27.5 Å². The highest BCUT2D eigenvalue weighted by molar-refractivity contribution is 9.10. The van der Waals surface area contributed by atoms with E-state index in [0.717, 1.165) is 15.7 Å². The molecule has 1 aliphatic heterocycles. The Morgan fingerprint density at radius 1 is 1.10 bits per heavy atom. The third-order valence-electron chi connectivity index (χ3n) is 5.03. The van der Waals surface area contributed by atoms with Crippen LogP contribution < -0.4 is 19.5 Å². The molecule has 31 heavy (non-hydrogen) atoms. The summed E-state index contributed by atoms with van der Waals surface area (Å²) in [6.45, 7) is 0.916. The second kappa shape index (κ2) is 8.99. The molecule has 3 aromatic rings. The number of carbonyl (C=O) groups excluding carboxylic acids is 1. The summed E-state index contributed by atoms with van der Waals surface area (Å²) >= 11 is 3.44. The number of nitrogens with zero attached hydrogens (tertiary/aromatic N) is 2. The van der Waals surface area contributed by atoms with Gasteiger partial charge in [0.1, 0.15) is 6.10 Å².